The Morgan fingerprint density at radius 3 is 2.01 bits per heavy atom. The number of carbonyl (C=O) groups is 7. The van der Waals surface area contributed by atoms with Crippen LogP contribution in [0, 0.1) is 17.8 Å². The summed E-state index contributed by atoms with van der Waals surface area (Å²) in [5.41, 5.74) is 7.33. The molecular formula is C51H88N8O9. The zero-order valence-corrected chi connectivity index (χ0v) is 43.7. The molecule has 1 aromatic rings. The van der Waals surface area contributed by atoms with Crippen LogP contribution >= 0.6 is 0 Å². The molecule has 7 amide bonds. The third kappa shape index (κ3) is 20.5. The number of likely N-dealkylation sites (N-methyl/N-ethyl adjacent to an activating group) is 2. The van der Waals surface area contributed by atoms with Gasteiger partial charge in [0.15, 0.2) is 0 Å². The maximum Gasteiger partial charge on any atom is 0.253 e. The van der Waals surface area contributed by atoms with E-state index in [1.165, 1.54) is 23.5 Å². The van der Waals surface area contributed by atoms with Crippen molar-refractivity contribution in [3.63, 3.8) is 0 Å². The van der Waals surface area contributed by atoms with Gasteiger partial charge in [0, 0.05) is 71.2 Å². The topological polar surface area (TPSA) is 213 Å². The smallest absolute Gasteiger partial charge is 0.253 e. The molecule has 1 aromatic carbocycles. The average molecular weight is 957 g/mol. The van der Waals surface area contributed by atoms with Gasteiger partial charge in [0.05, 0.1) is 43.3 Å². The molecular weight excluding hydrogens is 869 g/mol. The van der Waals surface area contributed by atoms with Crippen LogP contribution in [0.25, 0.3) is 0 Å². The van der Waals surface area contributed by atoms with Crippen LogP contribution in [0.4, 0.5) is 5.69 Å². The number of amides is 7. The second-order valence-electron chi connectivity index (χ2n) is 18.8. The number of nitrogens with two attached hydrogens (primary N) is 1. The van der Waals surface area contributed by atoms with E-state index in [9.17, 15) is 33.6 Å². The van der Waals surface area contributed by atoms with E-state index in [0.29, 0.717) is 63.3 Å². The summed E-state index contributed by atoms with van der Waals surface area (Å²) in [5.74, 6) is -0.443. The van der Waals surface area contributed by atoms with Crippen molar-refractivity contribution < 1.29 is 43.0 Å². The third-order valence-corrected chi connectivity index (χ3v) is 12.4. The zero-order chi connectivity index (χ0) is 51.5. The fourth-order valence-electron chi connectivity index (χ4n) is 8.80. The predicted molar refractivity (Wildman–Crippen MR) is 268 cm³/mol. The van der Waals surface area contributed by atoms with Gasteiger partial charge in [0.1, 0.15) is 0 Å². The molecule has 1 saturated heterocycles. The molecule has 0 radical (unpaired) electrons. The molecule has 5 N–H and O–H groups in total. The number of nitrogens with one attached hydrogen (secondary N) is 3. The molecule has 17 nitrogen and oxygen atoms in total. The molecule has 7 atom stereocenters. The van der Waals surface area contributed by atoms with E-state index in [2.05, 4.69) is 57.5 Å². The molecule has 0 aliphatic carbocycles. The molecule has 386 valence electrons. The number of hydrogen-bond donors (Lipinski definition) is 4. The standard InChI is InChI=1S/C28H54N4O5.C20H26N4O4.C3H8/c1-12-20(6)26(31(9)24(34)17-29-28(35)25(18(2)3)30(7)8)22(36-10)16-23(33)32-15-13-14-21(32)27(37-11)19(4)5;21-13-17(22-14-25)12-15-5-7-16(8-6-15)23-18(26)4-2-1-3-11-24-19(27)9-10-20(24)28;1-3-2/h18-22,25-27H,12-17H2,1-11H3,(H,29,35);5-10,14,17H,1-4,11-13,21H2,(H,22,25)(H,23,26);3H2,1-2H3. The van der Waals surface area contributed by atoms with Gasteiger partial charge in [-0.1, -0.05) is 86.8 Å². The first-order chi connectivity index (χ1) is 32.3. The van der Waals surface area contributed by atoms with Crippen LogP contribution < -0.4 is 21.7 Å². The highest BCUT2D eigenvalue weighted by atomic mass is 16.5. The SMILES string of the molecule is CCC.CCC(C)C(C(CC(=O)N1CCCC1C(OC)C(C)C)OC)N(C)C(=O)CNC(=O)C(C(C)C)N(C)C.NCC(Cc1ccc(NC(=O)CCCCCN2C(=O)C=CC2=O)cc1)NC=O. The predicted octanol–water partition coefficient (Wildman–Crippen LogP) is 4.77. The van der Waals surface area contributed by atoms with Crippen molar-refractivity contribution in [3.8, 4) is 0 Å². The first kappa shape index (κ1) is 61.3. The highest BCUT2D eigenvalue weighted by Crippen LogP contribution is 2.29. The van der Waals surface area contributed by atoms with Crippen molar-refractivity contribution in [2.24, 2.45) is 23.5 Å². The van der Waals surface area contributed by atoms with Gasteiger partial charge in [-0.15, -0.1) is 0 Å². The number of benzene rings is 1. The quantitative estimate of drug-likeness (QED) is 0.0536. The minimum absolute atomic E-state index is 0.0116. The lowest BCUT2D eigenvalue weighted by Crippen LogP contribution is -2.55. The number of unbranched alkanes of at least 4 members (excludes halogenated alkanes) is 2. The molecule has 2 aliphatic rings. The summed E-state index contributed by atoms with van der Waals surface area (Å²) in [5, 5.41) is 8.32. The average Bonchev–Trinajstić information content (AvgIpc) is 3.91. The van der Waals surface area contributed by atoms with Gasteiger partial charge in [0.2, 0.25) is 30.0 Å². The lowest BCUT2D eigenvalue weighted by molar-refractivity contribution is -0.144. The summed E-state index contributed by atoms with van der Waals surface area (Å²) >= 11 is 0. The van der Waals surface area contributed by atoms with Crippen LogP contribution in [0.2, 0.25) is 0 Å². The van der Waals surface area contributed by atoms with Crippen LogP contribution in [0.5, 0.6) is 0 Å². The zero-order valence-electron chi connectivity index (χ0n) is 43.7. The number of hydrogen-bond acceptors (Lipinski definition) is 11. The van der Waals surface area contributed by atoms with Gasteiger partial charge < -0.3 is 41.0 Å². The number of likely N-dealkylation sites (tertiary alicyclic amines) is 1. The number of imide groups is 1. The number of rotatable bonds is 27. The molecule has 1 fully saturated rings. The number of anilines is 1. The number of nitrogens with zero attached hydrogens (tertiary/aromatic N) is 4. The Morgan fingerprint density at radius 1 is 0.897 bits per heavy atom. The first-order valence-corrected chi connectivity index (χ1v) is 24.6. The van der Waals surface area contributed by atoms with Crippen LogP contribution in [0.1, 0.15) is 119 Å². The van der Waals surface area contributed by atoms with Crippen molar-refractivity contribution in [3.05, 3.63) is 42.0 Å². The number of methoxy groups -OCH3 is 2. The van der Waals surface area contributed by atoms with E-state index in [1.807, 2.05) is 62.0 Å². The molecule has 68 heavy (non-hydrogen) atoms. The fraction of sp³-hybridized carbons (Fsp3) is 0.706. The van der Waals surface area contributed by atoms with Crippen LogP contribution in [0.15, 0.2) is 36.4 Å². The molecule has 2 aliphatic heterocycles. The Labute approximate surface area is 408 Å². The molecule has 3 rings (SSSR count). The minimum Gasteiger partial charge on any atom is -0.379 e. The lowest BCUT2D eigenvalue weighted by Gasteiger charge is -2.39. The van der Waals surface area contributed by atoms with Gasteiger partial charge in [-0.3, -0.25) is 43.4 Å². The van der Waals surface area contributed by atoms with E-state index in [0.717, 1.165) is 31.2 Å². The van der Waals surface area contributed by atoms with Gasteiger partial charge in [-0.05, 0) is 81.6 Å². The number of carbonyl (C=O) groups excluding carboxylic acids is 7. The summed E-state index contributed by atoms with van der Waals surface area (Å²) in [6.07, 6.45) is 9.99. The highest BCUT2D eigenvalue weighted by Gasteiger charge is 2.40. The fourth-order valence-corrected chi connectivity index (χ4v) is 8.80. The largest absolute Gasteiger partial charge is 0.379 e. The van der Waals surface area contributed by atoms with Crippen molar-refractivity contribution in [1.82, 2.24) is 30.2 Å². The Hall–Kier alpha value is -4.71. The molecule has 0 saturated carbocycles. The third-order valence-electron chi connectivity index (χ3n) is 12.4. The van der Waals surface area contributed by atoms with Gasteiger partial charge in [-0.2, -0.15) is 0 Å². The lowest BCUT2D eigenvalue weighted by atomic mass is 9.90. The van der Waals surface area contributed by atoms with Crippen LogP contribution in [-0.2, 0) is 49.5 Å². The van der Waals surface area contributed by atoms with Gasteiger partial charge >= 0.3 is 0 Å². The van der Waals surface area contributed by atoms with E-state index < -0.39 is 6.10 Å². The summed E-state index contributed by atoms with van der Waals surface area (Å²) in [7, 11) is 8.78. The van der Waals surface area contributed by atoms with E-state index in [4.69, 9.17) is 15.2 Å². The Morgan fingerprint density at radius 2 is 1.51 bits per heavy atom. The maximum absolute atomic E-state index is 13.5. The Balaban J connectivity index is 0.000000663. The number of ether oxygens (including phenoxy) is 2. The maximum atomic E-state index is 13.5. The van der Waals surface area contributed by atoms with Crippen LogP contribution in [0.3, 0.4) is 0 Å². The van der Waals surface area contributed by atoms with Gasteiger partial charge in [-0.25, -0.2) is 0 Å². The second kappa shape index (κ2) is 32.9. The first-order valence-electron chi connectivity index (χ1n) is 24.6. The van der Waals surface area contributed by atoms with Crippen molar-refractivity contribution in [2.75, 3.05) is 66.9 Å². The second-order valence-corrected chi connectivity index (χ2v) is 18.8. The highest BCUT2D eigenvalue weighted by molar-refractivity contribution is 6.12. The summed E-state index contributed by atoms with van der Waals surface area (Å²) in [6.45, 7) is 18.0. The monoisotopic (exact) mass is 957 g/mol. The molecule has 0 spiro atoms. The van der Waals surface area contributed by atoms with Crippen LogP contribution in [-0.4, -0.2) is 159 Å². The van der Waals surface area contributed by atoms with E-state index in [1.54, 1.807) is 26.2 Å². The Bertz CT molecular complexity index is 1700. The van der Waals surface area contributed by atoms with E-state index in [-0.39, 0.29) is 90.5 Å². The minimum atomic E-state index is -0.460. The van der Waals surface area contributed by atoms with Gasteiger partial charge in [0.25, 0.3) is 11.8 Å². The summed E-state index contributed by atoms with van der Waals surface area (Å²) in [6, 6.07) is 6.74. The van der Waals surface area contributed by atoms with Crippen molar-refractivity contribution >= 4 is 47.5 Å². The molecule has 0 aromatic heterocycles. The summed E-state index contributed by atoms with van der Waals surface area (Å²) < 4.78 is 11.6. The normalized spacial score (nSPS) is 17.1. The molecule has 7 unspecified atom stereocenters. The van der Waals surface area contributed by atoms with Crippen molar-refractivity contribution in [1.29, 1.82) is 0 Å². The van der Waals surface area contributed by atoms with Crippen molar-refractivity contribution in [2.45, 2.75) is 156 Å². The summed E-state index contributed by atoms with van der Waals surface area (Å²) in [4.78, 5) is 91.5. The molecule has 2 heterocycles. The molecule has 17 heteroatoms. The molecule has 0 bridgehead atoms. The van der Waals surface area contributed by atoms with E-state index >= 15 is 0 Å². The Kier molecular flexibility index (Phi) is 29.7.